The van der Waals surface area contributed by atoms with E-state index in [2.05, 4.69) is 10.6 Å². The lowest BCUT2D eigenvalue weighted by molar-refractivity contribution is -0.115. The molecule has 0 unspecified atom stereocenters. The Kier molecular flexibility index (Phi) is 6.50. The number of hydrogen-bond donors (Lipinski definition) is 2. The minimum absolute atomic E-state index is 0.0425. The molecular weight excluding hydrogens is 268 g/mol. The van der Waals surface area contributed by atoms with Gasteiger partial charge in [-0.1, -0.05) is 0 Å². The molecule has 0 aliphatic heterocycles. The zero-order valence-corrected chi connectivity index (χ0v) is 12.6. The number of anilines is 1. The lowest BCUT2D eigenvalue weighted by Gasteiger charge is -2.08. The molecule has 0 saturated heterocycles. The van der Waals surface area contributed by atoms with Crippen molar-refractivity contribution in [2.45, 2.75) is 19.3 Å². The van der Waals surface area contributed by atoms with Gasteiger partial charge in [-0.2, -0.15) is 0 Å². The molecule has 0 aromatic heterocycles. The van der Waals surface area contributed by atoms with Crippen LogP contribution in [0.5, 0.6) is 5.75 Å². The van der Waals surface area contributed by atoms with Crippen LogP contribution in [-0.4, -0.2) is 39.3 Å². The molecule has 1 amide bonds. The van der Waals surface area contributed by atoms with Crippen LogP contribution in [-0.2, 0) is 9.53 Å². The van der Waals surface area contributed by atoms with E-state index in [-0.39, 0.29) is 5.91 Å². The van der Waals surface area contributed by atoms with E-state index in [4.69, 9.17) is 9.47 Å². The molecule has 1 aliphatic carbocycles. The minimum atomic E-state index is -0.0425. The van der Waals surface area contributed by atoms with Gasteiger partial charge in [0.15, 0.2) is 0 Å². The maximum absolute atomic E-state index is 11.7. The maximum atomic E-state index is 11.7. The Hall–Kier alpha value is -1.59. The summed E-state index contributed by atoms with van der Waals surface area (Å²) in [5.41, 5.74) is 0.773. The zero-order chi connectivity index (χ0) is 14.9. The first-order valence-corrected chi connectivity index (χ1v) is 7.50. The molecule has 1 aromatic rings. The van der Waals surface area contributed by atoms with Crippen LogP contribution in [0.1, 0.15) is 19.3 Å². The van der Waals surface area contributed by atoms with Gasteiger partial charge in [0.25, 0.3) is 0 Å². The Labute approximate surface area is 126 Å². The van der Waals surface area contributed by atoms with Crippen LogP contribution in [0.15, 0.2) is 24.3 Å². The second kappa shape index (κ2) is 8.64. The number of rotatable bonds is 10. The molecule has 0 atom stereocenters. The summed E-state index contributed by atoms with van der Waals surface area (Å²) in [5, 5.41) is 5.95. The fraction of sp³-hybridized carbons (Fsp3) is 0.562. The Bertz CT molecular complexity index is 430. The molecule has 0 heterocycles. The predicted molar refractivity (Wildman–Crippen MR) is 82.7 cm³/mol. The van der Waals surface area contributed by atoms with Crippen LogP contribution in [0.25, 0.3) is 0 Å². The molecule has 5 nitrogen and oxygen atoms in total. The SMILES string of the molecule is COc1ccc(NC(=O)CNCCCOCC2CC2)cc1. The first-order chi connectivity index (χ1) is 10.3. The summed E-state index contributed by atoms with van der Waals surface area (Å²) in [6.07, 6.45) is 3.58. The van der Waals surface area contributed by atoms with E-state index in [0.29, 0.717) is 6.54 Å². The average molecular weight is 292 g/mol. The molecule has 0 bridgehead atoms. The van der Waals surface area contributed by atoms with Crippen molar-refractivity contribution in [3.8, 4) is 5.75 Å². The number of carbonyl (C=O) groups excluding carboxylic acids is 1. The van der Waals surface area contributed by atoms with Crippen LogP contribution < -0.4 is 15.4 Å². The number of hydrogen-bond acceptors (Lipinski definition) is 4. The molecule has 0 spiro atoms. The molecule has 1 fully saturated rings. The quantitative estimate of drug-likeness (QED) is 0.648. The summed E-state index contributed by atoms with van der Waals surface area (Å²) in [7, 11) is 1.62. The molecule has 5 heteroatoms. The van der Waals surface area contributed by atoms with Crippen molar-refractivity contribution in [3.63, 3.8) is 0 Å². The van der Waals surface area contributed by atoms with Gasteiger partial charge in [-0.15, -0.1) is 0 Å². The molecular formula is C16H24N2O3. The second-order valence-corrected chi connectivity index (χ2v) is 5.33. The van der Waals surface area contributed by atoms with Gasteiger partial charge in [-0.3, -0.25) is 4.79 Å². The highest BCUT2D eigenvalue weighted by atomic mass is 16.5. The Morgan fingerprint density at radius 1 is 1.29 bits per heavy atom. The molecule has 2 rings (SSSR count). The number of nitrogens with one attached hydrogen (secondary N) is 2. The van der Waals surface area contributed by atoms with Gasteiger partial charge in [0.2, 0.25) is 5.91 Å². The van der Waals surface area contributed by atoms with Crippen molar-refractivity contribution < 1.29 is 14.3 Å². The number of ether oxygens (including phenoxy) is 2. The van der Waals surface area contributed by atoms with E-state index >= 15 is 0 Å². The largest absolute Gasteiger partial charge is 0.497 e. The molecule has 0 radical (unpaired) electrons. The van der Waals surface area contributed by atoms with Crippen LogP contribution in [0.3, 0.4) is 0 Å². The van der Waals surface area contributed by atoms with Crippen LogP contribution >= 0.6 is 0 Å². The Morgan fingerprint density at radius 2 is 2.05 bits per heavy atom. The Balaban J connectivity index is 1.50. The lowest BCUT2D eigenvalue weighted by atomic mass is 10.3. The highest BCUT2D eigenvalue weighted by molar-refractivity contribution is 5.92. The Morgan fingerprint density at radius 3 is 2.71 bits per heavy atom. The zero-order valence-electron chi connectivity index (χ0n) is 12.6. The summed E-state index contributed by atoms with van der Waals surface area (Å²) < 4.78 is 10.6. The van der Waals surface area contributed by atoms with Gasteiger partial charge in [0, 0.05) is 18.9 Å². The number of carbonyl (C=O) groups is 1. The highest BCUT2D eigenvalue weighted by Gasteiger charge is 2.20. The first-order valence-electron chi connectivity index (χ1n) is 7.50. The van der Waals surface area contributed by atoms with Crippen molar-refractivity contribution in [2.24, 2.45) is 5.92 Å². The molecule has 2 N–H and O–H groups in total. The molecule has 21 heavy (non-hydrogen) atoms. The van der Waals surface area contributed by atoms with Crippen LogP contribution in [0.2, 0.25) is 0 Å². The minimum Gasteiger partial charge on any atom is -0.497 e. The summed E-state index contributed by atoms with van der Waals surface area (Å²) in [5.74, 6) is 1.55. The normalized spacial score (nSPS) is 14.0. The average Bonchev–Trinajstić information content (AvgIpc) is 3.31. The van der Waals surface area contributed by atoms with Gasteiger partial charge in [0.1, 0.15) is 5.75 Å². The summed E-state index contributed by atoms with van der Waals surface area (Å²) in [6.45, 7) is 2.77. The molecule has 116 valence electrons. The topological polar surface area (TPSA) is 59.6 Å². The van der Waals surface area contributed by atoms with Crippen molar-refractivity contribution in [2.75, 3.05) is 38.7 Å². The summed E-state index contributed by atoms with van der Waals surface area (Å²) in [4.78, 5) is 11.7. The summed E-state index contributed by atoms with van der Waals surface area (Å²) >= 11 is 0. The van der Waals surface area contributed by atoms with Crippen molar-refractivity contribution in [1.82, 2.24) is 5.32 Å². The van der Waals surface area contributed by atoms with Crippen LogP contribution in [0.4, 0.5) is 5.69 Å². The fourth-order valence-corrected chi connectivity index (χ4v) is 1.92. The van der Waals surface area contributed by atoms with Crippen LogP contribution in [0, 0.1) is 5.92 Å². The second-order valence-electron chi connectivity index (χ2n) is 5.33. The highest BCUT2D eigenvalue weighted by Crippen LogP contribution is 2.28. The summed E-state index contributed by atoms with van der Waals surface area (Å²) in [6, 6.07) is 7.28. The molecule has 1 aromatic carbocycles. The number of methoxy groups -OCH3 is 1. The lowest BCUT2D eigenvalue weighted by Crippen LogP contribution is -2.29. The van der Waals surface area contributed by atoms with Crippen molar-refractivity contribution >= 4 is 11.6 Å². The predicted octanol–water partition coefficient (Wildman–Crippen LogP) is 2.04. The van der Waals surface area contributed by atoms with Crippen molar-refractivity contribution in [1.29, 1.82) is 0 Å². The fourth-order valence-electron chi connectivity index (χ4n) is 1.92. The third-order valence-corrected chi connectivity index (χ3v) is 3.35. The monoisotopic (exact) mass is 292 g/mol. The van der Waals surface area contributed by atoms with E-state index in [1.807, 2.05) is 24.3 Å². The van der Waals surface area contributed by atoms with E-state index < -0.39 is 0 Å². The third kappa shape index (κ3) is 6.60. The smallest absolute Gasteiger partial charge is 0.238 e. The molecule has 1 aliphatic rings. The maximum Gasteiger partial charge on any atom is 0.238 e. The third-order valence-electron chi connectivity index (χ3n) is 3.35. The van der Waals surface area contributed by atoms with Gasteiger partial charge in [-0.05, 0) is 56.0 Å². The van der Waals surface area contributed by atoms with E-state index in [1.54, 1.807) is 7.11 Å². The number of benzene rings is 1. The van der Waals surface area contributed by atoms with Gasteiger partial charge in [0.05, 0.1) is 13.7 Å². The van der Waals surface area contributed by atoms with E-state index in [1.165, 1.54) is 12.8 Å². The standard InChI is InChI=1S/C16H24N2O3/c1-20-15-7-5-14(6-8-15)18-16(19)11-17-9-2-10-21-12-13-3-4-13/h5-8,13,17H,2-4,9-12H2,1H3,(H,18,19). The van der Waals surface area contributed by atoms with Gasteiger partial charge in [-0.25, -0.2) is 0 Å². The van der Waals surface area contributed by atoms with Gasteiger partial charge < -0.3 is 20.1 Å². The van der Waals surface area contributed by atoms with Crippen molar-refractivity contribution in [3.05, 3.63) is 24.3 Å². The van der Waals surface area contributed by atoms with E-state index in [0.717, 1.165) is 43.5 Å². The molecule has 1 saturated carbocycles. The van der Waals surface area contributed by atoms with E-state index in [9.17, 15) is 4.79 Å². The number of amides is 1. The first kappa shape index (κ1) is 15.8. The van der Waals surface area contributed by atoms with Gasteiger partial charge >= 0.3 is 0 Å².